The first kappa shape index (κ1) is 12.1. The fourth-order valence-corrected chi connectivity index (χ4v) is 1.62. The third kappa shape index (κ3) is 2.86. The standard InChI is InChI=1S/C13H16ClN3/c1-13(2,8-14)9-15-12-7-16-17-11-6-4-3-5-10(11)12/h3-7H,8-9H2,1-2H3,(H,15,17). The Kier molecular flexibility index (Phi) is 3.48. The van der Waals surface area contributed by atoms with Gasteiger partial charge in [0.05, 0.1) is 17.4 Å². The first-order chi connectivity index (χ1) is 8.12. The van der Waals surface area contributed by atoms with Gasteiger partial charge in [0.1, 0.15) is 0 Å². The number of hydrogen-bond acceptors (Lipinski definition) is 3. The van der Waals surface area contributed by atoms with Gasteiger partial charge in [0.2, 0.25) is 0 Å². The average molecular weight is 250 g/mol. The highest BCUT2D eigenvalue weighted by atomic mass is 35.5. The summed E-state index contributed by atoms with van der Waals surface area (Å²) >= 11 is 5.91. The maximum Gasteiger partial charge on any atom is 0.0950 e. The average Bonchev–Trinajstić information content (AvgIpc) is 2.36. The van der Waals surface area contributed by atoms with Crippen molar-refractivity contribution < 1.29 is 0 Å². The molecule has 1 aromatic carbocycles. The number of alkyl halides is 1. The largest absolute Gasteiger partial charge is 0.383 e. The summed E-state index contributed by atoms with van der Waals surface area (Å²) in [4.78, 5) is 0. The molecule has 1 N–H and O–H groups in total. The Balaban J connectivity index is 2.24. The zero-order valence-electron chi connectivity index (χ0n) is 10.1. The van der Waals surface area contributed by atoms with E-state index in [2.05, 4.69) is 29.4 Å². The molecule has 0 amide bonds. The predicted octanol–water partition coefficient (Wildman–Crippen LogP) is 3.31. The first-order valence-corrected chi connectivity index (χ1v) is 6.16. The van der Waals surface area contributed by atoms with E-state index in [0.717, 1.165) is 23.1 Å². The van der Waals surface area contributed by atoms with E-state index in [1.54, 1.807) is 6.20 Å². The summed E-state index contributed by atoms with van der Waals surface area (Å²) in [6.45, 7) is 5.07. The number of halogens is 1. The minimum atomic E-state index is 0.0614. The lowest BCUT2D eigenvalue weighted by Gasteiger charge is -2.22. The van der Waals surface area contributed by atoms with Crippen LogP contribution in [0.25, 0.3) is 10.9 Å². The molecule has 17 heavy (non-hydrogen) atoms. The van der Waals surface area contributed by atoms with E-state index in [0.29, 0.717) is 5.88 Å². The molecule has 0 fully saturated rings. The molecule has 0 spiro atoms. The van der Waals surface area contributed by atoms with Crippen LogP contribution in [0.2, 0.25) is 0 Å². The van der Waals surface area contributed by atoms with Crippen molar-refractivity contribution in [2.45, 2.75) is 13.8 Å². The molecular formula is C13H16ClN3. The zero-order valence-corrected chi connectivity index (χ0v) is 10.8. The van der Waals surface area contributed by atoms with Crippen LogP contribution < -0.4 is 5.32 Å². The maximum atomic E-state index is 5.91. The SMILES string of the molecule is CC(C)(CCl)CNc1cnnc2ccccc12. The summed E-state index contributed by atoms with van der Waals surface area (Å²) in [5, 5.41) is 12.6. The fraction of sp³-hybridized carbons (Fsp3) is 0.385. The van der Waals surface area contributed by atoms with Gasteiger partial charge in [-0.05, 0) is 11.5 Å². The van der Waals surface area contributed by atoms with E-state index in [9.17, 15) is 0 Å². The van der Waals surface area contributed by atoms with Gasteiger partial charge in [0.25, 0.3) is 0 Å². The Morgan fingerprint density at radius 3 is 2.82 bits per heavy atom. The molecule has 0 bridgehead atoms. The Morgan fingerprint density at radius 2 is 2.06 bits per heavy atom. The van der Waals surface area contributed by atoms with Crippen LogP contribution in [0.3, 0.4) is 0 Å². The predicted molar refractivity (Wildman–Crippen MR) is 72.5 cm³/mol. The summed E-state index contributed by atoms with van der Waals surface area (Å²) in [6.07, 6.45) is 1.76. The minimum Gasteiger partial charge on any atom is -0.383 e. The molecule has 2 aromatic rings. The van der Waals surface area contributed by atoms with E-state index in [1.807, 2.05) is 24.3 Å². The Bertz CT molecular complexity index is 505. The highest BCUT2D eigenvalue weighted by Gasteiger charge is 2.16. The molecule has 0 atom stereocenters. The Hall–Kier alpha value is -1.35. The lowest BCUT2D eigenvalue weighted by atomic mass is 9.96. The number of nitrogens with zero attached hydrogens (tertiary/aromatic N) is 2. The van der Waals surface area contributed by atoms with Crippen LogP contribution >= 0.6 is 11.6 Å². The summed E-state index contributed by atoms with van der Waals surface area (Å²) < 4.78 is 0. The van der Waals surface area contributed by atoms with E-state index in [1.165, 1.54) is 0 Å². The van der Waals surface area contributed by atoms with Crippen LogP contribution in [0.4, 0.5) is 5.69 Å². The number of fused-ring (bicyclic) bond motifs is 1. The fourth-order valence-electron chi connectivity index (χ4n) is 1.53. The van der Waals surface area contributed by atoms with E-state index < -0.39 is 0 Å². The first-order valence-electron chi connectivity index (χ1n) is 5.63. The molecule has 90 valence electrons. The topological polar surface area (TPSA) is 37.8 Å². The molecular weight excluding hydrogens is 234 g/mol. The molecule has 0 saturated heterocycles. The molecule has 0 aliphatic rings. The van der Waals surface area contributed by atoms with Crippen molar-refractivity contribution in [2.75, 3.05) is 17.7 Å². The summed E-state index contributed by atoms with van der Waals surface area (Å²) in [5.41, 5.74) is 1.97. The Labute approximate surface area is 106 Å². The van der Waals surface area contributed by atoms with E-state index in [-0.39, 0.29) is 5.41 Å². The number of anilines is 1. The number of nitrogens with one attached hydrogen (secondary N) is 1. The molecule has 0 aliphatic heterocycles. The summed E-state index contributed by atoms with van der Waals surface area (Å²) in [5.74, 6) is 0.621. The normalized spacial score (nSPS) is 11.7. The highest BCUT2D eigenvalue weighted by Crippen LogP contribution is 2.23. The molecule has 2 rings (SSSR count). The van der Waals surface area contributed by atoms with Gasteiger partial charge >= 0.3 is 0 Å². The quantitative estimate of drug-likeness (QED) is 0.845. The van der Waals surface area contributed by atoms with Gasteiger partial charge in [-0.25, -0.2) is 0 Å². The van der Waals surface area contributed by atoms with Crippen LogP contribution in [-0.2, 0) is 0 Å². The second-order valence-corrected chi connectivity index (χ2v) is 5.19. The van der Waals surface area contributed by atoms with Crippen molar-refractivity contribution in [2.24, 2.45) is 5.41 Å². The number of aromatic nitrogens is 2. The van der Waals surface area contributed by atoms with Gasteiger partial charge < -0.3 is 5.32 Å². The van der Waals surface area contributed by atoms with Crippen molar-refractivity contribution in [3.8, 4) is 0 Å². The zero-order chi connectivity index (χ0) is 12.3. The van der Waals surface area contributed by atoms with Crippen LogP contribution in [0.15, 0.2) is 30.5 Å². The van der Waals surface area contributed by atoms with Crippen LogP contribution in [0.5, 0.6) is 0 Å². The molecule has 3 nitrogen and oxygen atoms in total. The van der Waals surface area contributed by atoms with Gasteiger partial charge in [-0.1, -0.05) is 32.0 Å². The third-order valence-electron chi connectivity index (χ3n) is 2.67. The van der Waals surface area contributed by atoms with E-state index >= 15 is 0 Å². The smallest absolute Gasteiger partial charge is 0.0950 e. The molecule has 0 unspecified atom stereocenters. The lowest BCUT2D eigenvalue weighted by molar-refractivity contribution is 0.450. The van der Waals surface area contributed by atoms with Crippen LogP contribution in [-0.4, -0.2) is 22.6 Å². The van der Waals surface area contributed by atoms with Gasteiger partial charge in [-0.15, -0.1) is 11.6 Å². The molecule has 4 heteroatoms. The lowest BCUT2D eigenvalue weighted by Crippen LogP contribution is -2.24. The van der Waals surface area contributed by atoms with Gasteiger partial charge in [-0.3, -0.25) is 0 Å². The molecule has 1 heterocycles. The highest BCUT2D eigenvalue weighted by molar-refractivity contribution is 6.18. The van der Waals surface area contributed by atoms with Crippen molar-refractivity contribution in [3.63, 3.8) is 0 Å². The summed E-state index contributed by atoms with van der Waals surface area (Å²) in [6, 6.07) is 7.96. The minimum absolute atomic E-state index is 0.0614. The number of rotatable bonds is 4. The van der Waals surface area contributed by atoms with E-state index in [4.69, 9.17) is 11.6 Å². The van der Waals surface area contributed by atoms with Crippen molar-refractivity contribution in [3.05, 3.63) is 30.5 Å². The molecule has 1 aromatic heterocycles. The van der Waals surface area contributed by atoms with Gasteiger partial charge in [-0.2, -0.15) is 10.2 Å². The second-order valence-electron chi connectivity index (χ2n) is 4.93. The number of benzene rings is 1. The van der Waals surface area contributed by atoms with Gasteiger partial charge in [0, 0.05) is 17.8 Å². The maximum absolute atomic E-state index is 5.91. The molecule has 0 aliphatic carbocycles. The van der Waals surface area contributed by atoms with Crippen LogP contribution in [0.1, 0.15) is 13.8 Å². The van der Waals surface area contributed by atoms with Crippen molar-refractivity contribution in [1.82, 2.24) is 10.2 Å². The molecule has 0 saturated carbocycles. The monoisotopic (exact) mass is 249 g/mol. The van der Waals surface area contributed by atoms with Crippen LogP contribution in [0, 0.1) is 5.41 Å². The van der Waals surface area contributed by atoms with Crippen molar-refractivity contribution in [1.29, 1.82) is 0 Å². The van der Waals surface area contributed by atoms with Crippen molar-refractivity contribution >= 4 is 28.2 Å². The second kappa shape index (κ2) is 4.88. The number of hydrogen-bond donors (Lipinski definition) is 1. The van der Waals surface area contributed by atoms with Gasteiger partial charge in [0.15, 0.2) is 0 Å². The Morgan fingerprint density at radius 1 is 1.29 bits per heavy atom. The summed E-state index contributed by atoms with van der Waals surface area (Å²) in [7, 11) is 0. The third-order valence-corrected chi connectivity index (χ3v) is 3.39. The molecule has 0 radical (unpaired) electrons.